The maximum absolute atomic E-state index is 14.2. The molecule has 24 heavy (non-hydrogen) atoms. The predicted octanol–water partition coefficient (Wildman–Crippen LogP) is 3.50. The molecule has 0 spiro atoms. The highest BCUT2D eigenvalue weighted by Gasteiger charge is 2.31. The van der Waals surface area contributed by atoms with Crippen molar-refractivity contribution in [1.82, 2.24) is 14.3 Å². The summed E-state index contributed by atoms with van der Waals surface area (Å²) < 4.78 is 54.5. The van der Waals surface area contributed by atoms with Gasteiger partial charge in [-0.2, -0.15) is 13.2 Å². The molecule has 2 unspecified atom stereocenters. The summed E-state index contributed by atoms with van der Waals surface area (Å²) in [6.45, 7) is 1.11. The fourth-order valence-electron chi connectivity index (χ4n) is 2.96. The predicted molar refractivity (Wildman–Crippen MR) is 92.1 cm³/mol. The molecular formula is C15H17F4IN4. The summed E-state index contributed by atoms with van der Waals surface area (Å²) in [5, 5.41) is 3.14. The van der Waals surface area contributed by atoms with Crippen LogP contribution in [0.3, 0.4) is 0 Å². The Hall–Kier alpha value is -1.10. The van der Waals surface area contributed by atoms with E-state index in [9.17, 15) is 17.6 Å². The average molecular weight is 456 g/mol. The SMILES string of the molecule is CN1CCC(Nc2cc(I)cn3c(CC(F)(F)F)cnc23)C(F)C1. The number of imidazole rings is 1. The zero-order chi connectivity index (χ0) is 17.5. The molecule has 0 aromatic carbocycles. The molecule has 1 aliphatic heterocycles. The standard InChI is InChI=1S/C15H17F4IN4/c1-23-3-2-12(11(16)8-23)22-13-4-9(20)7-24-10(5-15(17,18)19)6-21-14(13)24/h4,6-7,11-12,22H,2-3,5,8H2,1H3. The van der Waals surface area contributed by atoms with Gasteiger partial charge in [-0.1, -0.05) is 0 Å². The molecule has 0 saturated carbocycles. The van der Waals surface area contributed by atoms with Crippen molar-refractivity contribution in [1.29, 1.82) is 0 Å². The Bertz CT molecular complexity index is 730. The molecule has 4 nitrogen and oxygen atoms in total. The third-order valence-electron chi connectivity index (χ3n) is 4.12. The summed E-state index contributed by atoms with van der Waals surface area (Å²) in [4.78, 5) is 6.03. The Kier molecular flexibility index (Phi) is 4.92. The summed E-state index contributed by atoms with van der Waals surface area (Å²) >= 11 is 2.04. The second kappa shape index (κ2) is 6.66. The van der Waals surface area contributed by atoms with Gasteiger partial charge in [-0.3, -0.25) is 0 Å². The van der Waals surface area contributed by atoms with Crippen molar-refractivity contribution in [2.45, 2.75) is 31.2 Å². The van der Waals surface area contributed by atoms with E-state index in [0.717, 1.165) is 10.1 Å². The van der Waals surface area contributed by atoms with Crippen molar-refractivity contribution in [2.75, 3.05) is 25.5 Å². The van der Waals surface area contributed by atoms with Gasteiger partial charge in [-0.05, 0) is 42.1 Å². The summed E-state index contributed by atoms with van der Waals surface area (Å²) in [5.41, 5.74) is 1.02. The Morgan fingerprint density at radius 2 is 2.17 bits per heavy atom. The van der Waals surface area contributed by atoms with Gasteiger partial charge in [-0.15, -0.1) is 0 Å². The van der Waals surface area contributed by atoms with Crippen LogP contribution in [0.5, 0.6) is 0 Å². The van der Waals surface area contributed by atoms with Crippen LogP contribution in [0, 0.1) is 3.57 Å². The normalized spacial score (nSPS) is 22.9. The minimum absolute atomic E-state index is 0.0687. The number of alkyl halides is 4. The molecule has 132 valence electrons. The minimum Gasteiger partial charge on any atom is -0.376 e. The molecule has 0 amide bonds. The van der Waals surface area contributed by atoms with Crippen molar-refractivity contribution in [3.05, 3.63) is 27.7 Å². The first-order valence-electron chi connectivity index (χ1n) is 7.54. The lowest BCUT2D eigenvalue weighted by molar-refractivity contribution is -0.127. The van der Waals surface area contributed by atoms with Gasteiger partial charge in [0.25, 0.3) is 0 Å². The number of anilines is 1. The van der Waals surface area contributed by atoms with Crippen molar-refractivity contribution in [2.24, 2.45) is 0 Å². The molecule has 2 aromatic rings. The fourth-order valence-corrected chi connectivity index (χ4v) is 3.55. The lowest BCUT2D eigenvalue weighted by Gasteiger charge is -2.33. The van der Waals surface area contributed by atoms with Gasteiger partial charge in [0.15, 0.2) is 5.65 Å². The largest absolute Gasteiger partial charge is 0.394 e. The van der Waals surface area contributed by atoms with E-state index < -0.39 is 18.8 Å². The molecule has 0 aliphatic carbocycles. The van der Waals surface area contributed by atoms with Crippen LogP contribution in [0.1, 0.15) is 12.1 Å². The Balaban J connectivity index is 1.91. The third kappa shape index (κ3) is 3.93. The van der Waals surface area contributed by atoms with E-state index in [1.807, 2.05) is 34.5 Å². The quantitative estimate of drug-likeness (QED) is 0.567. The molecule has 1 fully saturated rings. The van der Waals surface area contributed by atoms with Gasteiger partial charge in [0.2, 0.25) is 0 Å². The molecule has 0 radical (unpaired) electrons. The van der Waals surface area contributed by atoms with Crippen LogP contribution in [0.15, 0.2) is 18.5 Å². The van der Waals surface area contributed by atoms with Crippen LogP contribution >= 0.6 is 22.6 Å². The molecular weight excluding hydrogens is 439 g/mol. The summed E-state index contributed by atoms with van der Waals surface area (Å²) in [7, 11) is 1.87. The van der Waals surface area contributed by atoms with Crippen LogP contribution < -0.4 is 5.32 Å². The van der Waals surface area contributed by atoms with E-state index in [1.54, 1.807) is 12.3 Å². The first kappa shape index (κ1) is 17.7. The lowest BCUT2D eigenvalue weighted by Crippen LogP contribution is -2.46. The molecule has 3 rings (SSSR count). The van der Waals surface area contributed by atoms with Gasteiger partial charge < -0.3 is 14.6 Å². The number of nitrogens with zero attached hydrogens (tertiary/aromatic N) is 3. The Labute approximate surface area is 150 Å². The number of nitrogens with one attached hydrogen (secondary N) is 1. The number of hydrogen-bond acceptors (Lipinski definition) is 3. The number of aromatic nitrogens is 2. The number of hydrogen-bond donors (Lipinski definition) is 1. The molecule has 3 heterocycles. The topological polar surface area (TPSA) is 32.6 Å². The smallest absolute Gasteiger partial charge is 0.376 e. The zero-order valence-electron chi connectivity index (χ0n) is 12.9. The molecule has 2 atom stereocenters. The summed E-state index contributed by atoms with van der Waals surface area (Å²) in [6.07, 6.45) is -2.92. The maximum atomic E-state index is 14.2. The second-order valence-electron chi connectivity index (χ2n) is 6.12. The highest BCUT2D eigenvalue weighted by molar-refractivity contribution is 14.1. The maximum Gasteiger partial charge on any atom is 0.394 e. The first-order chi connectivity index (χ1) is 11.2. The number of fused-ring (bicyclic) bond motifs is 1. The van der Waals surface area contributed by atoms with Gasteiger partial charge in [0.1, 0.15) is 6.17 Å². The van der Waals surface area contributed by atoms with Gasteiger partial charge in [0.05, 0.1) is 23.8 Å². The summed E-state index contributed by atoms with van der Waals surface area (Å²) in [5.74, 6) is 0. The van der Waals surface area contributed by atoms with Crippen molar-refractivity contribution in [3.8, 4) is 0 Å². The second-order valence-corrected chi connectivity index (χ2v) is 7.37. The number of likely N-dealkylation sites (tertiary alicyclic amines) is 1. The van der Waals surface area contributed by atoms with E-state index in [0.29, 0.717) is 24.3 Å². The van der Waals surface area contributed by atoms with E-state index >= 15 is 0 Å². The number of piperidine rings is 1. The van der Waals surface area contributed by atoms with Crippen molar-refractivity contribution in [3.63, 3.8) is 0 Å². The van der Waals surface area contributed by atoms with E-state index in [4.69, 9.17) is 0 Å². The number of halogens is 5. The Morgan fingerprint density at radius 1 is 1.42 bits per heavy atom. The Morgan fingerprint density at radius 3 is 2.83 bits per heavy atom. The van der Waals surface area contributed by atoms with E-state index in [2.05, 4.69) is 10.3 Å². The van der Waals surface area contributed by atoms with Crippen LogP contribution in [0.2, 0.25) is 0 Å². The van der Waals surface area contributed by atoms with Crippen LogP contribution in [-0.4, -0.2) is 52.8 Å². The molecule has 2 aromatic heterocycles. The van der Waals surface area contributed by atoms with Gasteiger partial charge >= 0.3 is 6.18 Å². The van der Waals surface area contributed by atoms with Gasteiger partial charge in [-0.25, -0.2) is 9.37 Å². The highest BCUT2D eigenvalue weighted by Crippen LogP contribution is 2.27. The van der Waals surface area contributed by atoms with Crippen LogP contribution in [-0.2, 0) is 6.42 Å². The molecule has 9 heteroatoms. The van der Waals surface area contributed by atoms with Crippen molar-refractivity contribution < 1.29 is 17.6 Å². The average Bonchev–Trinajstić information content (AvgIpc) is 2.83. The van der Waals surface area contributed by atoms with Crippen LogP contribution in [0.4, 0.5) is 23.2 Å². The highest BCUT2D eigenvalue weighted by atomic mass is 127. The molecule has 1 aliphatic rings. The molecule has 0 bridgehead atoms. The minimum atomic E-state index is -4.30. The molecule has 1 saturated heterocycles. The number of pyridine rings is 1. The lowest BCUT2D eigenvalue weighted by atomic mass is 10.0. The molecule has 1 N–H and O–H groups in total. The number of rotatable bonds is 3. The van der Waals surface area contributed by atoms with Gasteiger partial charge in [0, 0.05) is 29.1 Å². The third-order valence-corrected chi connectivity index (χ3v) is 4.71. The zero-order valence-corrected chi connectivity index (χ0v) is 15.1. The fraction of sp³-hybridized carbons (Fsp3) is 0.533. The van der Waals surface area contributed by atoms with E-state index in [-0.39, 0.29) is 11.7 Å². The van der Waals surface area contributed by atoms with E-state index in [1.165, 1.54) is 10.6 Å². The van der Waals surface area contributed by atoms with Crippen molar-refractivity contribution >= 4 is 33.9 Å². The van der Waals surface area contributed by atoms with Crippen LogP contribution in [0.25, 0.3) is 5.65 Å². The summed E-state index contributed by atoms with van der Waals surface area (Å²) in [6, 6.07) is 1.41. The monoisotopic (exact) mass is 456 g/mol. The first-order valence-corrected chi connectivity index (χ1v) is 8.62.